The van der Waals surface area contributed by atoms with E-state index in [-0.39, 0.29) is 5.69 Å². The van der Waals surface area contributed by atoms with Gasteiger partial charge >= 0.3 is 5.97 Å². The summed E-state index contributed by atoms with van der Waals surface area (Å²) in [6.45, 7) is 1.97. The van der Waals surface area contributed by atoms with Crippen molar-refractivity contribution in [2.24, 2.45) is 0 Å². The lowest BCUT2D eigenvalue weighted by atomic mass is 10.1. The predicted molar refractivity (Wildman–Crippen MR) is 65.4 cm³/mol. The molecule has 17 heavy (non-hydrogen) atoms. The molecule has 0 spiro atoms. The standard InChI is InChI=1S/C12H11NO3S/c1-7-3-5-8(6-4-7)10-9(11(14)15)13-12(16-10)17-2/h3-6H,1-2H3,(H,14,15). The van der Waals surface area contributed by atoms with Crippen molar-refractivity contribution in [2.45, 2.75) is 12.1 Å². The van der Waals surface area contributed by atoms with Crippen LogP contribution in [0, 0.1) is 6.92 Å². The molecule has 1 aromatic heterocycles. The number of aryl methyl sites for hydroxylation is 1. The molecule has 88 valence electrons. The van der Waals surface area contributed by atoms with E-state index in [1.807, 2.05) is 31.2 Å². The number of aromatic carboxylic acids is 1. The summed E-state index contributed by atoms with van der Waals surface area (Å²) < 4.78 is 5.42. The molecule has 0 amide bonds. The molecule has 1 aromatic carbocycles. The minimum Gasteiger partial charge on any atom is -0.476 e. The van der Waals surface area contributed by atoms with E-state index in [0.717, 1.165) is 11.1 Å². The van der Waals surface area contributed by atoms with Crippen molar-refractivity contribution in [2.75, 3.05) is 6.26 Å². The Morgan fingerprint density at radius 3 is 2.53 bits per heavy atom. The molecule has 0 saturated heterocycles. The van der Waals surface area contributed by atoms with Gasteiger partial charge in [0, 0.05) is 5.56 Å². The van der Waals surface area contributed by atoms with Crippen LogP contribution in [0.2, 0.25) is 0 Å². The Bertz CT molecular complexity index is 545. The third-order valence-electron chi connectivity index (χ3n) is 2.30. The number of rotatable bonds is 3. The second-order valence-corrected chi connectivity index (χ2v) is 4.29. The van der Waals surface area contributed by atoms with Crippen molar-refractivity contribution >= 4 is 17.7 Å². The first kappa shape index (κ1) is 11.7. The molecule has 0 saturated carbocycles. The average molecular weight is 249 g/mol. The van der Waals surface area contributed by atoms with Gasteiger partial charge in [-0.2, -0.15) is 4.98 Å². The predicted octanol–water partition coefficient (Wildman–Crippen LogP) is 3.07. The van der Waals surface area contributed by atoms with Gasteiger partial charge in [-0.25, -0.2) is 4.79 Å². The maximum Gasteiger partial charge on any atom is 0.358 e. The molecule has 1 heterocycles. The summed E-state index contributed by atoms with van der Waals surface area (Å²) in [6.07, 6.45) is 1.79. The van der Waals surface area contributed by atoms with Crippen molar-refractivity contribution in [3.8, 4) is 11.3 Å². The Morgan fingerprint density at radius 2 is 2.00 bits per heavy atom. The van der Waals surface area contributed by atoms with Crippen LogP contribution in [0.3, 0.4) is 0 Å². The van der Waals surface area contributed by atoms with Gasteiger partial charge in [0.15, 0.2) is 11.5 Å². The van der Waals surface area contributed by atoms with E-state index in [9.17, 15) is 4.79 Å². The number of hydrogen-bond donors (Lipinski definition) is 1. The van der Waals surface area contributed by atoms with Gasteiger partial charge in [0.25, 0.3) is 5.22 Å². The highest BCUT2D eigenvalue weighted by Crippen LogP contribution is 2.28. The van der Waals surface area contributed by atoms with E-state index < -0.39 is 5.97 Å². The van der Waals surface area contributed by atoms with Crippen LogP contribution in [-0.2, 0) is 0 Å². The molecule has 4 nitrogen and oxygen atoms in total. The molecule has 5 heteroatoms. The fourth-order valence-electron chi connectivity index (χ4n) is 1.43. The SMILES string of the molecule is CSc1nc(C(=O)O)c(-c2ccc(C)cc2)o1. The van der Waals surface area contributed by atoms with Gasteiger partial charge in [-0.15, -0.1) is 0 Å². The van der Waals surface area contributed by atoms with Gasteiger partial charge in [-0.3, -0.25) is 0 Å². The zero-order valence-corrected chi connectivity index (χ0v) is 10.2. The Kier molecular flexibility index (Phi) is 3.19. The average Bonchev–Trinajstić information content (AvgIpc) is 2.74. The van der Waals surface area contributed by atoms with Crippen molar-refractivity contribution in [3.63, 3.8) is 0 Å². The molecule has 0 aliphatic rings. The molecule has 0 aliphatic heterocycles. The second kappa shape index (κ2) is 4.63. The molecular weight excluding hydrogens is 238 g/mol. The van der Waals surface area contributed by atoms with Crippen LogP contribution in [0.1, 0.15) is 16.1 Å². The summed E-state index contributed by atoms with van der Waals surface area (Å²) in [5, 5.41) is 9.42. The number of benzene rings is 1. The third-order valence-corrected chi connectivity index (χ3v) is 2.82. The van der Waals surface area contributed by atoms with E-state index in [0.29, 0.717) is 11.0 Å². The first-order chi connectivity index (χ1) is 8.11. The van der Waals surface area contributed by atoms with Gasteiger partial charge < -0.3 is 9.52 Å². The third kappa shape index (κ3) is 2.34. The Hall–Kier alpha value is -1.75. The minimum atomic E-state index is -1.08. The van der Waals surface area contributed by atoms with Crippen molar-refractivity contribution < 1.29 is 14.3 Å². The van der Waals surface area contributed by atoms with Gasteiger partial charge in [0.05, 0.1) is 0 Å². The summed E-state index contributed by atoms with van der Waals surface area (Å²) in [5.41, 5.74) is 1.79. The van der Waals surface area contributed by atoms with Gasteiger partial charge in [0.2, 0.25) is 0 Å². The maximum atomic E-state index is 11.1. The topological polar surface area (TPSA) is 63.3 Å². The largest absolute Gasteiger partial charge is 0.476 e. The minimum absolute atomic E-state index is 0.0433. The number of carboxylic acid groups (broad SMARTS) is 1. The molecule has 2 aromatic rings. The van der Waals surface area contributed by atoms with Gasteiger partial charge in [-0.1, -0.05) is 41.6 Å². The second-order valence-electron chi connectivity index (χ2n) is 3.53. The van der Waals surface area contributed by atoms with Crippen LogP contribution in [0.25, 0.3) is 11.3 Å². The van der Waals surface area contributed by atoms with Crippen LogP contribution in [0.5, 0.6) is 0 Å². The number of hydrogen-bond acceptors (Lipinski definition) is 4. The number of thioether (sulfide) groups is 1. The number of oxazole rings is 1. The van der Waals surface area contributed by atoms with Crippen molar-refractivity contribution in [1.82, 2.24) is 4.98 Å². The molecule has 0 unspecified atom stereocenters. The number of nitrogens with zero attached hydrogens (tertiary/aromatic N) is 1. The smallest absolute Gasteiger partial charge is 0.358 e. The fourth-order valence-corrected chi connectivity index (χ4v) is 1.78. The summed E-state index contributed by atoms with van der Waals surface area (Å²) in [6, 6.07) is 7.46. The molecule has 2 rings (SSSR count). The van der Waals surface area contributed by atoms with Crippen molar-refractivity contribution in [3.05, 3.63) is 35.5 Å². The lowest BCUT2D eigenvalue weighted by Crippen LogP contribution is -1.98. The van der Waals surface area contributed by atoms with E-state index in [1.165, 1.54) is 11.8 Å². The van der Waals surface area contributed by atoms with Crippen LogP contribution in [-0.4, -0.2) is 22.3 Å². The zero-order valence-electron chi connectivity index (χ0n) is 9.43. The molecule has 0 radical (unpaired) electrons. The molecule has 0 aliphatic carbocycles. The van der Waals surface area contributed by atoms with E-state index in [2.05, 4.69) is 4.98 Å². The van der Waals surface area contributed by atoms with Gasteiger partial charge in [-0.05, 0) is 13.2 Å². The first-order valence-corrected chi connectivity index (χ1v) is 6.19. The Morgan fingerprint density at radius 1 is 1.35 bits per heavy atom. The van der Waals surface area contributed by atoms with E-state index in [4.69, 9.17) is 9.52 Å². The lowest BCUT2D eigenvalue weighted by molar-refractivity contribution is 0.0691. The van der Waals surface area contributed by atoms with E-state index in [1.54, 1.807) is 6.26 Å². The van der Waals surface area contributed by atoms with E-state index >= 15 is 0 Å². The Labute approximate surface area is 103 Å². The van der Waals surface area contributed by atoms with Crippen LogP contribution in [0.4, 0.5) is 0 Å². The Balaban J connectivity index is 2.53. The summed E-state index contributed by atoms with van der Waals surface area (Å²) in [4.78, 5) is 15.0. The molecule has 0 atom stereocenters. The molecule has 0 bridgehead atoms. The van der Waals surface area contributed by atoms with Crippen LogP contribution in [0.15, 0.2) is 33.9 Å². The highest BCUT2D eigenvalue weighted by atomic mass is 32.2. The summed E-state index contributed by atoms with van der Waals surface area (Å²) >= 11 is 1.28. The molecule has 1 N–H and O–H groups in total. The first-order valence-electron chi connectivity index (χ1n) is 4.97. The number of carboxylic acids is 1. The zero-order chi connectivity index (χ0) is 12.4. The highest BCUT2D eigenvalue weighted by molar-refractivity contribution is 7.98. The number of carbonyl (C=O) groups is 1. The maximum absolute atomic E-state index is 11.1. The fraction of sp³-hybridized carbons (Fsp3) is 0.167. The quantitative estimate of drug-likeness (QED) is 0.847. The van der Waals surface area contributed by atoms with Crippen molar-refractivity contribution in [1.29, 1.82) is 0 Å². The monoisotopic (exact) mass is 249 g/mol. The van der Waals surface area contributed by atoms with Gasteiger partial charge in [0.1, 0.15) is 0 Å². The molecule has 0 fully saturated rings. The molecular formula is C12H11NO3S. The lowest BCUT2D eigenvalue weighted by Gasteiger charge is -1.98. The highest BCUT2D eigenvalue weighted by Gasteiger charge is 2.20. The van der Waals surface area contributed by atoms with Crippen LogP contribution < -0.4 is 0 Å². The summed E-state index contributed by atoms with van der Waals surface area (Å²) in [7, 11) is 0. The normalized spacial score (nSPS) is 10.5. The van der Waals surface area contributed by atoms with Crippen LogP contribution >= 0.6 is 11.8 Å². The summed E-state index contributed by atoms with van der Waals surface area (Å²) in [5.74, 6) is -0.772. The number of aromatic nitrogens is 1.